The molecule has 1 N–H and O–H groups in total. The minimum atomic E-state index is -0.894. The molecule has 0 amide bonds. The van der Waals surface area contributed by atoms with Crippen LogP contribution in [0.1, 0.15) is 15.9 Å². The number of benzene rings is 2. The Morgan fingerprint density at radius 2 is 1.86 bits per heavy atom. The van der Waals surface area contributed by atoms with E-state index >= 15 is 0 Å². The molecule has 0 spiro atoms. The molecule has 1 fully saturated rings. The summed E-state index contributed by atoms with van der Waals surface area (Å²) < 4.78 is 5.37. The first-order chi connectivity index (χ1) is 10.7. The van der Waals surface area contributed by atoms with E-state index in [1.54, 1.807) is 12.1 Å². The van der Waals surface area contributed by atoms with Gasteiger partial charge in [-0.1, -0.05) is 36.4 Å². The molecule has 2 aromatic rings. The number of rotatable bonds is 4. The van der Waals surface area contributed by atoms with Crippen LogP contribution < -0.4 is 0 Å². The molecule has 0 radical (unpaired) electrons. The lowest BCUT2D eigenvalue weighted by Gasteiger charge is -2.26. The van der Waals surface area contributed by atoms with Gasteiger partial charge in [0.15, 0.2) is 0 Å². The summed E-state index contributed by atoms with van der Waals surface area (Å²) in [5.74, 6) is -0.894. The second kappa shape index (κ2) is 6.73. The summed E-state index contributed by atoms with van der Waals surface area (Å²) in [5, 5.41) is 9.34. The van der Waals surface area contributed by atoms with Crippen molar-refractivity contribution in [2.24, 2.45) is 0 Å². The Kier molecular flexibility index (Phi) is 4.51. The highest BCUT2D eigenvalue weighted by Crippen LogP contribution is 2.25. The fourth-order valence-electron chi connectivity index (χ4n) is 2.78. The van der Waals surface area contributed by atoms with Gasteiger partial charge in [-0.15, -0.1) is 0 Å². The lowest BCUT2D eigenvalue weighted by molar-refractivity contribution is 0.0342. The van der Waals surface area contributed by atoms with E-state index in [1.165, 1.54) is 5.56 Å². The maximum atomic E-state index is 11.4. The smallest absolute Gasteiger partial charge is 0.336 e. The number of nitrogens with zero attached hydrogens (tertiary/aromatic N) is 1. The molecule has 114 valence electrons. The van der Waals surface area contributed by atoms with Gasteiger partial charge in [0.05, 0.1) is 18.8 Å². The molecule has 22 heavy (non-hydrogen) atoms. The zero-order chi connectivity index (χ0) is 15.4. The van der Waals surface area contributed by atoms with Crippen molar-refractivity contribution in [1.29, 1.82) is 0 Å². The third-order valence-electron chi connectivity index (χ3n) is 3.91. The number of ether oxygens (including phenoxy) is 1. The van der Waals surface area contributed by atoms with Crippen LogP contribution in [0.3, 0.4) is 0 Å². The average molecular weight is 297 g/mol. The molecule has 0 aromatic heterocycles. The first kappa shape index (κ1) is 14.8. The van der Waals surface area contributed by atoms with Gasteiger partial charge in [0, 0.05) is 19.6 Å². The summed E-state index contributed by atoms with van der Waals surface area (Å²) in [6, 6.07) is 15.2. The maximum absolute atomic E-state index is 11.4. The summed E-state index contributed by atoms with van der Waals surface area (Å²) in [6.07, 6.45) is 0. The van der Waals surface area contributed by atoms with Crippen LogP contribution in [0.25, 0.3) is 11.1 Å². The van der Waals surface area contributed by atoms with Crippen molar-refractivity contribution >= 4 is 5.97 Å². The highest BCUT2D eigenvalue weighted by atomic mass is 16.5. The molecule has 0 aliphatic carbocycles. The Hall–Kier alpha value is -2.17. The van der Waals surface area contributed by atoms with Gasteiger partial charge in [-0.05, 0) is 28.8 Å². The van der Waals surface area contributed by atoms with Crippen molar-refractivity contribution in [3.8, 4) is 11.1 Å². The predicted molar refractivity (Wildman–Crippen MR) is 84.9 cm³/mol. The Bertz CT molecular complexity index is 663. The van der Waals surface area contributed by atoms with Crippen LogP contribution in [-0.4, -0.2) is 42.3 Å². The number of carboxylic acid groups (broad SMARTS) is 1. The van der Waals surface area contributed by atoms with Crippen molar-refractivity contribution < 1.29 is 14.6 Å². The number of aromatic carboxylic acids is 1. The van der Waals surface area contributed by atoms with E-state index in [-0.39, 0.29) is 0 Å². The second-order valence-electron chi connectivity index (χ2n) is 5.44. The number of morpholine rings is 1. The number of carboxylic acids is 1. The predicted octanol–water partition coefficient (Wildman–Crippen LogP) is 2.88. The van der Waals surface area contributed by atoms with Gasteiger partial charge in [-0.2, -0.15) is 0 Å². The average Bonchev–Trinajstić information content (AvgIpc) is 2.56. The monoisotopic (exact) mass is 297 g/mol. The molecule has 0 bridgehead atoms. The van der Waals surface area contributed by atoms with Crippen LogP contribution in [0.15, 0.2) is 48.5 Å². The zero-order valence-electron chi connectivity index (χ0n) is 12.4. The number of hydrogen-bond acceptors (Lipinski definition) is 3. The van der Waals surface area contributed by atoms with E-state index in [0.717, 1.165) is 44.0 Å². The maximum Gasteiger partial charge on any atom is 0.336 e. The molecular formula is C18H19NO3. The van der Waals surface area contributed by atoms with E-state index in [4.69, 9.17) is 4.74 Å². The summed E-state index contributed by atoms with van der Waals surface area (Å²) in [6.45, 7) is 4.31. The van der Waals surface area contributed by atoms with Crippen molar-refractivity contribution in [1.82, 2.24) is 4.90 Å². The van der Waals surface area contributed by atoms with Crippen molar-refractivity contribution in [3.63, 3.8) is 0 Å². The molecule has 1 saturated heterocycles. The third kappa shape index (κ3) is 3.35. The van der Waals surface area contributed by atoms with Crippen LogP contribution in [0, 0.1) is 0 Å². The standard InChI is InChI=1S/C18H19NO3/c20-18(21)17-7-2-1-6-16(17)15-5-3-4-14(12-15)13-19-8-10-22-11-9-19/h1-7,12H,8-11,13H2,(H,20,21). The van der Waals surface area contributed by atoms with Crippen LogP contribution >= 0.6 is 0 Å². The Morgan fingerprint density at radius 1 is 1.09 bits per heavy atom. The van der Waals surface area contributed by atoms with Gasteiger partial charge in [0.1, 0.15) is 0 Å². The second-order valence-corrected chi connectivity index (χ2v) is 5.44. The van der Waals surface area contributed by atoms with Crippen molar-refractivity contribution in [2.75, 3.05) is 26.3 Å². The first-order valence-electron chi connectivity index (χ1n) is 7.46. The van der Waals surface area contributed by atoms with E-state index in [9.17, 15) is 9.90 Å². The van der Waals surface area contributed by atoms with Crippen LogP contribution in [0.2, 0.25) is 0 Å². The minimum absolute atomic E-state index is 0.339. The van der Waals surface area contributed by atoms with Crippen molar-refractivity contribution in [2.45, 2.75) is 6.54 Å². The summed E-state index contributed by atoms with van der Waals surface area (Å²) in [4.78, 5) is 13.7. The molecule has 4 heteroatoms. The van der Waals surface area contributed by atoms with Crippen LogP contribution in [0.4, 0.5) is 0 Å². The number of hydrogen-bond donors (Lipinski definition) is 1. The SMILES string of the molecule is O=C(O)c1ccccc1-c1cccc(CN2CCOCC2)c1. The molecule has 4 nitrogen and oxygen atoms in total. The largest absolute Gasteiger partial charge is 0.478 e. The molecular weight excluding hydrogens is 278 g/mol. The molecule has 3 rings (SSSR count). The van der Waals surface area contributed by atoms with Crippen LogP contribution in [0.5, 0.6) is 0 Å². The van der Waals surface area contributed by atoms with E-state index in [2.05, 4.69) is 17.0 Å². The summed E-state index contributed by atoms with van der Waals surface area (Å²) >= 11 is 0. The molecule has 2 aromatic carbocycles. The minimum Gasteiger partial charge on any atom is -0.478 e. The van der Waals surface area contributed by atoms with Gasteiger partial charge in [0.25, 0.3) is 0 Å². The third-order valence-corrected chi connectivity index (χ3v) is 3.91. The highest BCUT2D eigenvalue weighted by molar-refractivity contribution is 5.96. The summed E-state index contributed by atoms with van der Waals surface area (Å²) in [5.41, 5.74) is 3.24. The molecule has 1 aliphatic rings. The van der Waals surface area contributed by atoms with Crippen LogP contribution in [-0.2, 0) is 11.3 Å². The van der Waals surface area contributed by atoms with E-state index in [1.807, 2.05) is 24.3 Å². The highest BCUT2D eigenvalue weighted by Gasteiger charge is 2.13. The molecule has 0 saturated carbocycles. The summed E-state index contributed by atoms with van der Waals surface area (Å²) in [7, 11) is 0. The van der Waals surface area contributed by atoms with E-state index < -0.39 is 5.97 Å². The van der Waals surface area contributed by atoms with Gasteiger partial charge in [-0.3, -0.25) is 4.90 Å². The lowest BCUT2D eigenvalue weighted by atomic mass is 9.98. The zero-order valence-corrected chi connectivity index (χ0v) is 12.4. The fourth-order valence-corrected chi connectivity index (χ4v) is 2.78. The van der Waals surface area contributed by atoms with Gasteiger partial charge in [0.2, 0.25) is 0 Å². The quantitative estimate of drug-likeness (QED) is 0.942. The van der Waals surface area contributed by atoms with Crippen molar-refractivity contribution in [3.05, 3.63) is 59.7 Å². The molecule has 1 heterocycles. The van der Waals surface area contributed by atoms with Gasteiger partial charge < -0.3 is 9.84 Å². The van der Waals surface area contributed by atoms with E-state index in [0.29, 0.717) is 5.56 Å². The fraction of sp³-hybridized carbons (Fsp3) is 0.278. The Balaban J connectivity index is 1.86. The first-order valence-corrected chi connectivity index (χ1v) is 7.46. The van der Waals surface area contributed by atoms with Gasteiger partial charge >= 0.3 is 5.97 Å². The molecule has 1 aliphatic heterocycles. The topological polar surface area (TPSA) is 49.8 Å². The van der Waals surface area contributed by atoms with Gasteiger partial charge in [-0.25, -0.2) is 4.79 Å². The lowest BCUT2D eigenvalue weighted by Crippen LogP contribution is -2.35. The Morgan fingerprint density at radius 3 is 2.64 bits per heavy atom. The molecule has 0 unspecified atom stereocenters. The molecule has 0 atom stereocenters. The Labute approximate surface area is 130 Å². The number of carbonyl (C=O) groups is 1. The normalized spacial score (nSPS) is 15.6.